The molecule has 4 aromatic rings. The molecule has 5 nitrogen and oxygen atoms in total. The number of nitrogens with zero attached hydrogens (tertiary/aromatic N) is 5. The molecular weight excluding hydrogens is 411 g/mol. The summed E-state index contributed by atoms with van der Waals surface area (Å²) in [5.74, 6) is 1.05. The molecule has 0 saturated heterocycles. The number of hydrogen-bond donors (Lipinski definition) is 0. The van der Waals surface area contributed by atoms with Crippen LogP contribution in [-0.2, 0) is 0 Å². The number of aliphatic imine (C=N–C) groups is 1. The SMILES string of the molecule is c1nc(-c2nc(-c3nc(-c4nc(C5=NCCS5)cs4)cs3)cs2)cs1. The van der Waals surface area contributed by atoms with Gasteiger partial charge in [-0.1, -0.05) is 0 Å². The van der Waals surface area contributed by atoms with Gasteiger partial charge in [-0.2, -0.15) is 0 Å². The Morgan fingerprint density at radius 3 is 1.96 bits per heavy atom. The van der Waals surface area contributed by atoms with Crippen LogP contribution in [0.3, 0.4) is 0 Å². The average molecular weight is 420 g/mol. The Morgan fingerprint density at radius 2 is 1.36 bits per heavy atom. The van der Waals surface area contributed by atoms with Gasteiger partial charge >= 0.3 is 0 Å². The molecule has 1 aliphatic rings. The van der Waals surface area contributed by atoms with Crippen LogP contribution < -0.4 is 0 Å². The fourth-order valence-electron chi connectivity index (χ4n) is 2.28. The largest absolute Gasteiger partial charge is 0.275 e. The second kappa shape index (κ2) is 6.69. The van der Waals surface area contributed by atoms with Gasteiger partial charge in [0.1, 0.15) is 42.8 Å². The van der Waals surface area contributed by atoms with E-state index < -0.39 is 0 Å². The molecule has 1 aliphatic heterocycles. The van der Waals surface area contributed by atoms with E-state index >= 15 is 0 Å². The molecule has 10 heteroatoms. The Balaban J connectivity index is 1.42. The monoisotopic (exact) mass is 419 g/mol. The molecule has 0 fully saturated rings. The maximum atomic E-state index is 4.73. The normalized spacial score (nSPS) is 14.2. The van der Waals surface area contributed by atoms with E-state index in [1.54, 1.807) is 57.1 Å². The predicted octanol–water partition coefficient (Wildman–Crippen LogP) is 5.01. The minimum Gasteiger partial charge on any atom is -0.275 e. The van der Waals surface area contributed by atoms with Crippen molar-refractivity contribution in [3.05, 3.63) is 32.7 Å². The molecule has 0 saturated carbocycles. The van der Waals surface area contributed by atoms with Crippen LogP contribution in [-0.4, -0.2) is 37.3 Å². The molecule has 0 bridgehead atoms. The molecule has 0 aliphatic carbocycles. The summed E-state index contributed by atoms with van der Waals surface area (Å²) in [5.41, 5.74) is 5.53. The van der Waals surface area contributed by atoms with Gasteiger partial charge in [-0.05, 0) is 0 Å². The quantitative estimate of drug-likeness (QED) is 0.465. The van der Waals surface area contributed by atoms with Crippen LogP contribution in [0.5, 0.6) is 0 Å². The molecule has 124 valence electrons. The molecule has 0 N–H and O–H groups in total. The van der Waals surface area contributed by atoms with Crippen molar-refractivity contribution >= 4 is 62.2 Å². The van der Waals surface area contributed by atoms with E-state index in [1.165, 1.54) is 0 Å². The maximum Gasteiger partial charge on any atom is 0.143 e. The van der Waals surface area contributed by atoms with Gasteiger partial charge in [0, 0.05) is 33.8 Å². The Morgan fingerprint density at radius 1 is 0.720 bits per heavy atom. The Labute approximate surface area is 163 Å². The lowest BCUT2D eigenvalue weighted by Crippen LogP contribution is -1.91. The minimum absolute atomic E-state index is 0.888. The molecule has 0 amide bonds. The van der Waals surface area contributed by atoms with Gasteiger partial charge in [0.25, 0.3) is 0 Å². The summed E-state index contributed by atoms with van der Waals surface area (Å²) in [6, 6.07) is 0. The van der Waals surface area contributed by atoms with E-state index in [0.717, 1.165) is 55.1 Å². The van der Waals surface area contributed by atoms with Crippen LogP contribution >= 0.6 is 57.1 Å². The maximum absolute atomic E-state index is 4.73. The van der Waals surface area contributed by atoms with Gasteiger partial charge in [0.2, 0.25) is 0 Å². The van der Waals surface area contributed by atoms with E-state index in [1.807, 2.05) is 21.7 Å². The number of hydrogen-bond acceptors (Lipinski definition) is 10. The van der Waals surface area contributed by atoms with Gasteiger partial charge in [-0.15, -0.1) is 57.1 Å². The topological polar surface area (TPSA) is 63.9 Å². The highest BCUT2D eigenvalue weighted by Crippen LogP contribution is 2.34. The molecule has 0 radical (unpaired) electrons. The van der Waals surface area contributed by atoms with Crippen molar-refractivity contribution in [2.75, 3.05) is 12.3 Å². The summed E-state index contributed by atoms with van der Waals surface area (Å²) in [7, 11) is 0. The van der Waals surface area contributed by atoms with Gasteiger partial charge in [0.05, 0.1) is 5.51 Å². The zero-order valence-corrected chi connectivity index (χ0v) is 16.7. The summed E-state index contributed by atoms with van der Waals surface area (Å²) < 4.78 is 0. The first-order valence-electron chi connectivity index (χ1n) is 7.30. The number of aromatic nitrogens is 4. The summed E-state index contributed by atoms with van der Waals surface area (Å²) in [4.78, 5) is 22.9. The zero-order chi connectivity index (χ0) is 16.6. The second-order valence-electron chi connectivity index (χ2n) is 5.02. The van der Waals surface area contributed by atoms with Crippen LogP contribution in [0, 0.1) is 0 Å². The first-order valence-corrected chi connectivity index (χ1v) is 11.9. The van der Waals surface area contributed by atoms with Crippen molar-refractivity contribution in [1.82, 2.24) is 19.9 Å². The Bertz CT molecular complexity index is 1040. The zero-order valence-electron chi connectivity index (χ0n) is 12.6. The molecule has 0 spiro atoms. The minimum atomic E-state index is 0.888. The predicted molar refractivity (Wildman–Crippen MR) is 109 cm³/mol. The van der Waals surface area contributed by atoms with E-state index in [4.69, 9.17) is 9.97 Å². The highest BCUT2D eigenvalue weighted by atomic mass is 32.2. The summed E-state index contributed by atoms with van der Waals surface area (Å²) in [5, 5.41) is 12.0. The van der Waals surface area contributed by atoms with E-state index in [9.17, 15) is 0 Å². The van der Waals surface area contributed by atoms with Gasteiger partial charge in [0.15, 0.2) is 0 Å². The lowest BCUT2D eigenvalue weighted by molar-refractivity contribution is 1.17. The second-order valence-corrected chi connectivity index (χ2v) is 9.40. The summed E-state index contributed by atoms with van der Waals surface area (Å²) in [6.45, 7) is 0.888. The fourth-order valence-corrected chi connectivity index (χ4v) is 6.22. The molecule has 4 aromatic heterocycles. The summed E-state index contributed by atoms with van der Waals surface area (Å²) >= 11 is 8.15. The van der Waals surface area contributed by atoms with Crippen LogP contribution in [0.2, 0.25) is 0 Å². The summed E-state index contributed by atoms with van der Waals surface area (Å²) in [6.07, 6.45) is 0. The highest BCUT2D eigenvalue weighted by molar-refractivity contribution is 8.14. The lowest BCUT2D eigenvalue weighted by atomic mass is 10.4. The molecule has 5 heterocycles. The molecule has 0 atom stereocenters. The standard InChI is InChI=1S/C15H9N5S5/c1-2-22-12(16-1)9-4-24-14(18-9)11-6-25-15(20-11)10-5-23-13(19-10)8-3-21-7-17-8/h3-7H,1-2H2. The third-order valence-electron chi connectivity index (χ3n) is 3.41. The molecular formula is C15H9N5S5. The Hall–Kier alpha value is -1.46. The molecule has 5 rings (SSSR count). The van der Waals surface area contributed by atoms with Crippen LogP contribution in [0.15, 0.2) is 32.0 Å². The first-order chi connectivity index (χ1) is 12.4. The van der Waals surface area contributed by atoms with Crippen molar-refractivity contribution in [3.63, 3.8) is 0 Å². The fraction of sp³-hybridized carbons (Fsp3) is 0.133. The van der Waals surface area contributed by atoms with E-state index in [2.05, 4.69) is 20.3 Å². The molecule has 0 aromatic carbocycles. The highest BCUT2D eigenvalue weighted by Gasteiger charge is 2.17. The number of thioether (sulfide) groups is 1. The lowest BCUT2D eigenvalue weighted by Gasteiger charge is -1.92. The van der Waals surface area contributed by atoms with Crippen molar-refractivity contribution in [2.45, 2.75) is 0 Å². The van der Waals surface area contributed by atoms with Crippen molar-refractivity contribution in [2.24, 2.45) is 4.99 Å². The van der Waals surface area contributed by atoms with Crippen LogP contribution in [0.1, 0.15) is 5.69 Å². The van der Waals surface area contributed by atoms with Gasteiger partial charge < -0.3 is 0 Å². The van der Waals surface area contributed by atoms with Gasteiger partial charge in [-0.25, -0.2) is 19.9 Å². The van der Waals surface area contributed by atoms with Gasteiger partial charge in [-0.3, -0.25) is 4.99 Å². The third kappa shape index (κ3) is 3.08. The number of thiazole rings is 4. The third-order valence-corrected chi connectivity index (χ3v) is 7.59. The average Bonchev–Trinajstić information content (AvgIpc) is 3.48. The van der Waals surface area contributed by atoms with E-state index in [0.29, 0.717) is 0 Å². The van der Waals surface area contributed by atoms with Crippen molar-refractivity contribution in [3.8, 4) is 32.1 Å². The molecule has 0 unspecified atom stereocenters. The van der Waals surface area contributed by atoms with Crippen molar-refractivity contribution in [1.29, 1.82) is 0 Å². The molecule has 25 heavy (non-hydrogen) atoms. The van der Waals surface area contributed by atoms with E-state index in [-0.39, 0.29) is 0 Å². The number of rotatable bonds is 4. The Kier molecular flexibility index (Phi) is 4.22. The van der Waals surface area contributed by atoms with Crippen LogP contribution in [0.4, 0.5) is 0 Å². The first kappa shape index (κ1) is 15.8. The smallest absolute Gasteiger partial charge is 0.143 e. The van der Waals surface area contributed by atoms with Crippen molar-refractivity contribution < 1.29 is 0 Å². The van der Waals surface area contributed by atoms with Crippen LogP contribution in [0.25, 0.3) is 32.1 Å².